The number of fused-ring (bicyclic) bond motifs is 1. The van der Waals surface area contributed by atoms with Crippen LogP contribution in [0, 0.1) is 6.92 Å². The lowest BCUT2D eigenvalue weighted by Gasteiger charge is -2.04. The highest BCUT2D eigenvalue weighted by molar-refractivity contribution is 6.13. The van der Waals surface area contributed by atoms with Gasteiger partial charge >= 0.3 is 0 Å². The summed E-state index contributed by atoms with van der Waals surface area (Å²) in [6.45, 7) is 2.80. The monoisotopic (exact) mass is 327 g/mol. The van der Waals surface area contributed by atoms with Crippen molar-refractivity contribution < 1.29 is 23.2 Å². The van der Waals surface area contributed by atoms with Gasteiger partial charge in [-0.15, -0.1) is 0 Å². The third-order valence-electron chi connectivity index (χ3n) is 3.50. The molecule has 1 aromatic carbocycles. The summed E-state index contributed by atoms with van der Waals surface area (Å²) in [6, 6.07) is 4.66. The molecule has 0 saturated heterocycles. The van der Waals surface area contributed by atoms with Crippen LogP contribution in [0.3, 0.4) is 0 Å². The average Bonchev–Trinajstić information content (AvgIpc) is 3.10. The van der Waals surface area contributed by atoms with E-state index < -0.39 is 11.8 Å². The van der Waals surface area contributed by atoms with Gasteiger partial charge in [0.25, 0.3) is 11.8 Å². The van der Waals surface area contributed by atoms with Crippen LogP contribution in [0.4, 0.5) is 5.88 Å². The van der Waals surface area contributed by atoms with E-state index >= 15 is 0 Å². The van der Waals surface area contributed by atoms with Gasteiger partial charge in [0, 0.05) is 5.56 Å². The Morgan fingerprint density at radius 3 is 2.62 bits per heavy atom. The fourth-order valence-electron chi connectivity index (χ4n) is 2.47. The fourth-order valence-corrected chi connectivity index (χ4v) is 2.47. The molecule has 0 spiro atoms. The fraction of sp³-hybridized carbons (Fsp3) is 0.125. The maximum atomic E-state index is 12.4. The van der Waals surface area contributed by atoms with Gasteiger partial charge in [-0.2, -0.15) is 0 Å². The first-order chi connectivity index (χ1) is 11.4. The standard InChI is InChI=1S/C16H13N3O5/c1-7(20)12-8(2)24-16(13(12)14(17)21)19-15(22)9-3-4-11-10(5-9)18-6-23-11/h3-6H,1-2H3,(H2,17,21)(H,19,22). The van der Waals surface area contributed by atoms with Crippen LogP contribution in [-0.4, -0.2) is 22.6 Å². The molecule has 3 N–H and O–H groups in total. The van der Waals surface area contributed by atoms with Crippen LogP contribution < -0.4 is 11.1 Å². The van der Waals surface area contributed by atoms with E-state index in [1.807, 2.05) is 0 Å². The van der Waals surface area contributed by atoms with E-state index in [0.29, 0.717) is 11.1 Å². The summed E-state index contributed by atoms with van der Waals surface area (Å²) < 4.78 is 10.5. The van der Waals surface area contributed by atoms with Gasteiger partial charge in [0.05, 0.1) is 5.56 Å². The summed E-state index contributed by atoms with van der Waals surface area (Å²) in [7, 11) is 0. The molecule has 122 valence electrons. The number of rotatable bonds is 4. The van der Waals surface area contributed by atoms with Crippen LogP contribution in [0.15, 0.2) is 33.4 Å². The number of oxazole rings is 1. The van der Waals surface area contributed by atoms with Crippen LogP contribution in [0.1, 0.15) is 43.8 Å². The van der Waals surface area contributed by atoms with Gasteiger partial charge in [-0.1, -0.05) is 0 Å². The number of carbonyl (C=O) groups is 3. The van der Waals surface area contributed by atoms with Crippen molar-refractivity contribution >= 4 is 34.6 Å². The molecule has 8 heteroatoms. The second kappa shape index (κ2) is 5.65. The quantitative estimate of drug-likeness (QED) is 0.707. The van der Waals surface area contributed by atoms with Gasteiger partial charge in [0.15, 0.2) is 17.8 Å². The number of nitrogens with one attached hydrogen (secondary N) is 1. The number of anilines is 1. The molecule has 2 aromatic heterocycles. The number of aromatic nitrogens is 1. The second-order valence-electron chi connectivity index (χ2n) is 5.15. The Morgan fingerprint density at radius 2 is 1.96 bits per heavy atom. The minimum Gasteiger partial charge on any atom is -0.444 e. The molecule has 0 aliphatic rings. The van der Waals surface area contributed by atoms with Gasteiger partial charge in [0.1, 0.15) is 16.8 Å². The summed E-state index contributed by atoms with van der Waals surface area (Å²) in [4.78, 5) is 39.7. The normalized spacial score (nSPS) is 10.8. The highest BCUT2D eigenvalue weighted by Crippen LogP contribution is 2.28. The third kappa shape index (κ3) is 2.54. The van der Waals surface area contributed by atoms with E-state index in [9.17, 15) is 14.4 Å². The number of amides is 2. The average molecular weight is 327 g/mol. The predicted molar refractivity (Wildman–Crippen MR) is 83.9 cm³/mol. The Balaban J connectivity index is 1.98. The maximum absolute atomic E-state index is 12.4. The highest BCUT2D eigenvalue weighted by atomic mass is 16.4. The number of aryl methyl sites for hydroxylation is 1. The number of hydrogen-bond acceptors (Lipinski definition) is 6. The number of carbonyl (C=O) groups excluding carboxylic acids is 3. The number of nitrogens with zero attached hydrogens (tertiary/aromatic N) is 1. The van der Waals surface area contributed by atoms with E-state index in [1.165, 1.54) is 32.4 Å². The molecule has 0 bridgehead atoms. The zero-order valence-corrected chi connectivity index (χ0v) is 12.9. The Morgan fingerprint density at radius 1 is 1.21 bits per heavy atom. The summed E-state index contributed by atoms with van der Waals surface area (Å²) in [6.07, 6.45) is 1.27. The molecule has 2 amide bonds. The van der Waals surface area contributed by atoms with Crippen LogP contribution in [-0.2, 0) is 0 Å². The Labute approximate surface area is 135 Å². The molecule has 8 nitrogen and oxygen atoms in total. The van der Waals surface area contributed by atoms with Crippen LogP contribution >= 0.6 is 0 Å². The Bertz CT molecular complexity index is 983. The highest BCUT2D eigenvalue weighted by Gasteiger charge is 2.26. The molecule has 0 atom stereocenters. The van der Waals surface area contributed by atoms with E-state index in [1.54, 1.807) is 6.07 Å². The molecule has 0 unspecified atom stereocenters. The Kier molecular flexibility index (Phi) is 3.64. The summed E-state index contributed by atoms with van der Waals surface area (Å²) in [5.74, 6) is -1.73. The molecule has 0 fully saturated rings. The third-order valence-corrected chi connectivity index (χ3v) is 3.50. The lowest BCUT2D eigenvalue weighted by atomic mass is 10.1. The number of nitrogens with two attached hydrogens (primary N) is 1. The van der Waals surface area contributed by atoms with Crippen molar-refractivity contribution in [3.63, 3.8) is 0 Å². The molecule has 0 saturated carbocycles. The van der Waals surface area contributed by atoms with Crippen molar-refractivity contribution in [2.75, 3.05) is 5.32 Å². The molecular formula is C16H13N3O5. The second-order valence-corrected chi connectivity index (χ2v) is 5.15. The van der Waals surface area contributed by atoms with Crippen molar-refractivity contribution in [3.05, 3.63) is 47.0 Å². The Hall–Kier alpha value is -3.42. The molecule has 0 radical (unpaired) electrons. The van der Waals surface area contributed by atoms with Crippen molar-refractivity contribution in [1.29, 1.82) is 0 Å². The molecule has 0 aliphatic heterocycles. The summed E-state index contributed by atoms with van der Waals surface area (Å²) >= 11 is 0. The first-order valence-corrected chi connectivity index (χ1v) is 6.97. The zero-order valence-electron chi connectivity index (χ0n) is 12.9. The minimum atomic E-state index is -0.862. The minimum absolute atomic E-state index is 0.0600. The van der Waals surface area contributed by atoms with Crippen LogP contribution in [0.5, 0.6) is 0 Å². The molecule has 3 aromatic rings. The van der Waals surface area contributed by atoms with E-state index in [-0.39, 0.29) is 34.1 Å². The van der Waals surface area contributed by atoms with Gasteiger partial charge < -0.3 is 14.6 Å². The van der Waals surface area contributed by atoms with E-state index in [4.69, 9.17) is 14.6 Å². The lowest BCUT2D eigenvalue weighted by molar-refractivity contribution is 0.0974. The van der Waals surface area contributed by atoms with Crippen molar-refractivity contribution in [2.45, 2.75) is 13.8 Å². The van der Waals surface area contributed by atoms with Gasteiger partial charge in [-0.3, -0.25) is 19.7 Å². The number of primary amides is 1. The van der Waals surface area contributed by atoms with Crippen LogP contribution in [0.2, 0.25) is 0 Å². The molecule has 0 aliphatic carbocycles. The maximum Gasteiger partial charge on any atom is 0.258 e. The van der Waals surface area contributed by atoms with Crippen molar-refractivity contribution in [1.82, 2.24) is 4.98 Å². The van der Waals surface area contributed by atoms with Gasteiger partial charge in [0.2, 0.25) is 5.88 Å². The number of ketones is 1. The topological polar surface area (TPSA) is 128 Å². The van der Waals surface area contributed by atoms with E-state index in [2.05, 4.69) is 10.3 Å². The smallest absolute Gasteiger partial charge is 0.258 e. The van der Waals surface area contributed by atoms with Gasteiger partial charge in [-0.25, -0.2) is 4.98 Å². The molecular weight excluding hydrogens is 314 g/mol. The lowest BCUT2D eigenvalue weighted by Crippen LogP contribution is -2.19. The number of benzene rings is 1. The summed E-state index contributed by atoms with van der Waals surface area (Å²) in [5.41, 5.74) is 6.57. The number of furan rings is 1. The zero-order chi connectivity index (χ0) is 17.4. The molecule has 2 heterocycles. The molecule has 3 rings (SSSR count). The first-order valence-electron chi connectivity index (χ1n) is 6.97. The van der Waals surface area contributed by atoms with Crippen LogP contribution in [0.25, 0.3) is 11.1 Å². The van der Waals surface area contributed by atoms with Crippen molar-refractivity contribution in [3.8, 4) is 0 Å². The predicted octanol–water partition coefficient (Wildman–Crippen LogP) is 2.28. The number of hydrogen-bond donors (Lipinski definition) is 2. The SMILES string of the molecule is CC(=O)c1c(C)oc(NC(=O)c2ccc3ocnc3c2)c1C(N)=O. The number of Topliss-reactive ketones (excluding diaryl/α,β-unsaturated/α-hetero) is 1. The van der Waals surface area contributed by atoms with Crippen molar-refractivity contribution in [2.24, 2.45) is 5.73 Å². The first kappa shape index (κ1) is 15.5. The van der Waals surface area contributed by atoms with Gasteiger partial charge in [-0.05, 0) is 32.0 Å². The molecule has 24 heavy (non-hydrogen) atoms. The largest absolute Gasteiger partial charge is 0.444 e. The van der Waals surface area contributed by atoms with E-state index in [0.717, 1.165) is 0 Å². The summed E-state index contributed by atoms with van der Waals surface area (Å²) in [5, 5.41) is 2.46.